The van der Waals surface area contributed by atoms with Gasteiger partial charge in [0.15, 0.2) is 9.84 Å². The molecule has 0 aromatic heterocycles. The molecule has 0 saturated carbocycles. The summed E-state index contributed by atoms with van der Waals surface area (Å²) in [6, 6.07) is 9.58. The molecular formula is C16H15ClN2O5S. The molecule has 132 valence electrons. The lowest BCUT2D eigenvalue weighted by Gasteiger charge is -2.18. The number of carbonyl (C=O) groups excluding carboxylic acids is 1. The molecule has 1 amide bonds. The van der Waals surface area contributed by atoms with Gasteiger partial charge in [-0.2, -0.15) is 0 Å². The highest BCUT2D eigenvalue weighted by molar-refractivity contribution is 7.90. The molecule has 2 aromatic carbocycles. The third kappa shape index (κ3) is 4.55. The van der Waals surface area contributed by atoms with Crippen LogP contribution in [0.4, 0.5) is 5.69 Å². The number of benzene rings is 2. The molecule has 25 heavy (non-hydrogen) atoms. The number of amides is 1. The highest BCUT2D eigenvalue weighted by Gasteiger charge is 2.17. The van der Waals surface area contributed by atoms with Crippen LogP contribution in [0.2, 0.25) is 5.02 Å². The van der Waals surface area contributed by atoms with Crippen LogP contribution in [0.25, 0.3) is 0 Å². The second-order valence-corrected chi connectivity index (χ2v) is 7.91. The Morgan fingerprint density at radius 3 is 2.32 bits per heavy atom. The first-order valence-corrected chi connectivity index (χ1v) is 9.35. The van der Waals surface area contributed by atoms with E-state index < -0.39 is 14.8 Å². The predicted molar refractivity (Wildman–Crippen MR) is 93.5 cm³/mol. The molecule has 0 radical (unpaired) electrons. The van der Waals surface area contributed by atoms with E-state index in [0.717, 1.165) is 6.26 Å². The van der Waals surface area contributed by atoms with Crippen molar-refractivity contribution in [3.05, 3.63) is 68.7 Å². The maximum Gasteiger partial charge on any atom is 0.269 e. The lowest BCUT2D eigenvalue weighted by atomic mass is 10.1. The van der Waals surface area contributed by atoms with E-state index in [1.807, 2.05) is 0 Å². The predicted octanol–water partition coefficient (Wildman–Crippen LogP) is 2.92. The maximum absolute atomic E-state index is 12.4. The molecule has 0 atom stereocenters. The first-order valence-electron chi connectivity index (χ1n) is 7.08. The molecule has 0 aliphatic rings. The Bertz CT molecular complexity index is 926. The van der Waals surface area contributed by atoms with Gasteiger partial charge < -0.3 is 4.90 Å². The van der Waals surface area contributed by atoms with Crippen molar-refractivity contribution in [3.63, 3.8) is 0 Å². The van der Waals surface area contributed by atoms with Crippen LogP contribution in [-0.2, 0) is 16.4 Å². The second-order valence-electron chi connectivity index (χ2n) is 5.49. The summed E-state index contributed by atoms with van der Waals surface area (Å²) >= 11 is 6.04. The van der Waals surface area contributed by atoms with Gasteiger partial charge in [-0.25, -0.2) is 8.42 Å². The van der Waals surface area contributed by atoms with Gasteiger partial charge in [0.25, 0.3) is 11.6 Å². The minimum atomic E-state index is -3.34. The summed E-state index contributed by atoms with van der Waals surface area (Å²) in [6.45, 7) is 0.0766. The minimum Gasteiger partial charge on any atom is -0.337 e. The molecule has 0 saturated heterocycles. The first kappa shape index (κ1) is 18.9. The summed E-state index contributed by atoms with van der Waals surface area (Å²) in [5, 5.41) is 11.2. The number of carbonyl (C=O) groups is 1. The molecule has 0 aliphatic heterocycles. The molecule has 0 bridgehead atoms. The number of rotatable bonds is 5. The van der Waals surface area contributed by atoms with Crippen LogP contribution >= 0.6 is 11.6 Å². The van der Waals surface area contributed by atoms with Gasteiger partial charge in [-0.1, -0.05) is 11.6 Å². The molecule has 2 aromatic rings. The van der Waals surface area contributed by atoms with E-state index in [4.69, 9.17) is 11.6 Å². The number of hydrogen-bond donors (Lipinski definition) is 0. The quantitative estimate of drug-likeness (QED) is 0.585. The third-order valence-electron chi connectivity index (χ3n) is 3.52. The van der Waals surface area contributed by atoms with Crippen LogP contribution in [0.1, 0.15) is 15.9 Å². The molecule has 0 heterocycles. The Morgan fingerprint density at radius 2 is 1.80 bits per heavy atom. The van der Waals surface area contributed by atoms with Gasteiger partial charge in [-0.05, 0) is 35.9 Å². The summed E-state index contributed by atoms with van der Waals surface area (Å²) in [4.78, 5) is 24.2. The molecule has 2 rings (SSSR count). The van der Waals surface area contributed by atoms with Crippen molar-refractivity contribution in [1.29, 1.82) is 0 Å². The van der Waals surface area contributed by atoms with E-state index in [2.05, 4.69) is 0 Å². The van der Waals surface area contributed by atoms with Gasteiger partial charge in [-0.15, -0.1) is 0 Å². The van der Waals surface area contributed by atoms with Gasteiger partial charge >= 0.3 is 0 Å². The molecule has 0 fully saturated rings. The van der Waals surface area contributed by atoms with Crippen LogP contribution < -0.4 is 0 Å². The molecule has 0 N–H and O–H groups in total. The fourth-order valence-electron chi connectivity index (χ4n) is 2.19. The van der Waals surface area contributed by atoms with E-state index in [9.17, 15) is 23.3 Å². The van der Waals surface area contributed by atoms with Crippen molar-refractivity contribution in [2.45, 2.75) is 11.4 Å². The van der Waals surface area contributed by atoms with Crippen LogP contribution in [0.5, 0.6) is 0 Å². The van der Waals surface area contributed by atoms with Gasteiger partial charge in [0.2, 0.25) is 0 Å². The Labute approximate surface area is 149 Å². The number of non-ortho nitro benzene ring substituents is 1. The van der Waals surface area contributed by atoms with Gasteiger partial charge in [-0.3, -0.25) is 14.9 Å². The second kappa shape index (κ2) is 7.20. The zero-order valence-electron chi connectivity index (χ0n) is 13.5. The summed E-state index contributed by atoms with van der Waals surface area (Å²) in [7, 11) is -1.81. The standard InChI is InChI=1S/C16H15ClN2O5S/c1-18(10-12-9-13(19(21)22)5-8-15(12)17)16(20)11-3-6-14(7-4-11)25(2,23)24/h3-9H,10H2,1-2H3. The Kier molecular flexibility index (Phi) is 5.44. The van der Waals surface area contributed by atoms with Gasteiger partial charge in [0, 0.05) is 42.6 Å². The fourth-order valence-corrected chi connectivity index (χ4v) is 3.00. The third-order valence-corrected chi connectivity index (χ3v) is 5.02. The Morgan fingerprint density at radius 1 is 1.20 bits per heavy atom. The van der Waals surface area contributed by atoms with E-state index in [-0.39, 0.29) is 23.0 Å². The topological polar surface area (TPSA) is 97.6 Å². The highest BCUT2D eigenvalue weighted by atomic mass is 35.5. The molecular weight excluding hydrogens is 368 g/mol. The zero-order chi connectivity index (χ0) is 18.8. The number of nitro benzene ring substituents is 1. The van der Waals surface area contributed by atoms with Crippen molar-refractivity contribution in [2.24, 2.45) is 0 Å². The van der Waals surface area contributed by atoms with Crippen molar-refractivity contribution in [2.75, 3.05) is 13.3 Å². The molecule has 0 unspecified atom stereocenters. The largest absolute Gasteiger partial charge is 0.337 e. The number of hydrogen-bond acceptors (Lipinski definition) is 5. The fraction of sp³-hybridized carbons (Fsp3) is 0.188. The lowest BCUT2D eigenvalue weighted by Crippen LogP contribution is -2.26. The monoisotopic (exact) mass is 382 g/mol. The lowest BCUT2D eigenvalue weighted by molar-refractivity contribution is -0.384. The van der Waals surface area contributed by atoms with Crippen LogP contribution in [0.15, 0.2) is 47.4 Å². The molecule has 0 spiro atoms. The van der Waals surface area contributed by atoms with Crippen LogP contribution in [-0.4, -0.2) is 37.5 Å². The van der Waals surface area contributed by atoms with Crippen molar-refractivity contribution >= 4 is 33.0 Å². The van der Waals surface area contributed by atoms with Crippen molar-refractivity contribution in [3.8, 4) is 0 Å². The number of sulfone groups is 1. The zero-order valence-corrected chi connectivity index (χ0v) is 15.0. The number of halogens is 1. The summed E-state index contributed by atoms with van der Waals surface area (Å²) in [5.41, 5.74) is 0.633. The minimum absolute atomic E-state index is 0.0766. The average molecular weight is 383 g/mol. The molecule has 0 aliphatic carbocycles. The summed E-state index contributed by atoms with van der Waals surface area (Å²) in [5.74, 6) is -0.359. The van der Waals surface area contributed by atoms with Crippen LogP contribution in [0.3, 0.4) is 0 Å². The van der Waals surface area contributed by atoms with Crippen LogP contribution in [0, 0.1) is 10.1 Å². The normalized spacial score (nSPS) is 11.2. The first-order chi connectivity index (χ1) is 11.6. The number of nitro groups is 1. The summed E-state index contributed by atoms with van der Waals surface area (Å²) < 4.78 is 22.9. The van der Waals surface area contributed by atoms with Crippen molar-refractivity contribution in [1.82, 2.24) is 4.90 Å². The van der Waals surface area contributed by atoms with E-state index in [1.54, 1.807) is 0 Å². The summed E-state index contributed by atoms with van der Waals surface area (Å²) in [6.07, 6.45) is 1.08. The maximum atomic E-state index is 12.4. The van der Waals surface area contributed by atoms with E-state index in [0.29, 0.717) is 16.1 Å². The van der Waals surface area contributed by atoms with Gasteiger partial charge in [0.1, 0.15) is 0 Å². The number of nitrogens with zero attached hydrogens (tertiary/aromatic N) is 2. The van der Waals surface area contributed by atoms with E-state index in [1.165, 1.54) is 54.4 Å². The van der Waals surface area contributed by atoms with E-state index >= 15 is 0 Å². The molecule has 9 heteroatoms. The SMILES string of the molecule is CN(Cc1cc([N+](=O)[O-])ccc1Cl)C(=O)c1ccc(S(C)(=O)=O)cc1. The highest BCUT2D eigenvalue weighted by Crippen LogP contribution is 2.23. The Balaban J connectivity index is 2.21. The average Bonchev–Trinajstić information content (AvgIpc) is 2.55. The van der Waals surface area contributed by atoms with Gasteiger partial charge in [0.05, 0.1) is 9.82 Å². The Hall–Kier alpha value is -2.45. The van der Waals surface area contributed by atoms with Crippen molar-refractivity contribution < 1.29 is 18.1 Å². The molecule has 7 nitrogen and oxygen atoms in total. The smallest absolute Gasteiger partial charge is 0.269 e.